The Hall–Kier alpha value is -1.58. The van der Waals surface area contributed by atoms with E-state index in [4.69, 9.17) is 15.9 Å². The molecular formula is C15H23N3O. The Morgan fingerprint density at radius 3 is 2.58 bits per heavy atom. The molecule has 0 bridgehead atoms. The van der Waals surface area contributed by atoms with Gasteiger partial charge in [-0.25, -0.2) is 4.98 Å². The van der Waals surface area contributed by atoms with E-state index in [1.165, 1.54) is 12.8 Å². The van der Waals surface area contributed by atoms with Gasteiger partial charge >= 0.3 is 0 Å². The molecule has 0 radical (unpaired) electrons. The first-order valence-electron chi connectivity index (χ1n) is 6.85. The van der Waals surface area contributed by atoms with Crippen LogP contribution in [-0.4, -0.2) is 16.9 Å². The van der Waals surface area contributed by atoms with Crippen LogP contribution in [0.5, 0.6) is 5.88 Å². The Kier molecular flexibility index (Phi) is 3.78. The van der Waals surface area contributed by atoms with Gasteiger partial charge in [-0.2, -0.15) is 0 Å². The molecule has 0 unspecified atom stereocenters. The lowest BCUT2D eigenvalue weighted by Crippen LogP contribution is -2.28. The summed E-state index contributed by atoms with van der Waals surface area (Å²) in [5, 5.41) is 7.49. The zero-order chi connectivity index (χ0) is 14.0. The van der Waals surface area contributed by atoms with Crippen molar-refractivity contribution in [2.75, 3.05) is 0 Å². The van der Waals surface area contributed by atoms with Gasteiger partial charge in [-0.15, -0.1) is 0 Å². The first-order chi connectivity index (χ1) is 8.85. The highest BCUT2D eigenvalue weighted by Crippen LogP contribution is 2.36. The van der Waals surface area contributed by atoms with Crippen molar-refractivity contribution in [1.29, 1.82) is 5.41 Å². The normalized spacial score (nSPS) is 19.1. The molecule has 4 heteroatoms. The summed E-state index contributed by atoms with van der Waals surface area (Å²) < 4.78 is 5.96. The minimum Gasteiger partial charge on any atom is -0.474 e. The summed E-state index contributed by atoms with van der Waals surface area (Å²) in [7, 11) is 0. The Morgan fingerprint density at radius 2 is 2.00 bits per heavy atom. The number of nitrogens with two attached hydrogens (primary N) is 1. The van der Waals surface area contributed by atoms with Crippen LogP contribution in [0.3, 0.4) is 0 Å². The molecule has 3 N–H and O–H groups in total. The first-order valence-corrected chi connectivity index (χ1v) is 6.85. The molecule has 0 saturated heterocycles. The van der Waals surface area contributed by atoms with Crippen LogP contribution in [-0.2, 0) is 0 Å². The number of aromatic nitrogens is 1. The molecule has 0 atom stereocenters. The van der Waals surface area contributed by atoms with E-state index in [9.17, 15) is 0 Å². The van der Waals surface area contributed by atoms with Crippen molar-refractivity contribution in [3.63, 3.8) is 0 Å². The van der Waals surface area contributed by atoms with E-state index in [0.717, 1.165) is 18.5 Å². The van der Waals surface area contributed by atoms with Crippen LogP contribution in [0.25, 0.3) is 0 Å². The van der Waals surface area contributed by atoms with E-state index in [0.29, 0.717) is 16.9 Å². The molecular weight excluding hydrogens is 238 g/mol. The van der Waals surface area contributed by atoms with Gasteiger partial charge in [0.15, 0.2) is 0 Å². The van der Waals surface area contributed by atoms with E-state index in [1.807, 2.05) is 6.92 Å². The van der Waals surface area contributed by atoms with Crippen LogP contribution in [0.2, 0.25) is 0 Å². The maximum Gasteiger partial charge on any atom is 0.214 e. The highest BCUT2D eigenvalue weighted by atomic mass is 16.5. The van der Waals surface area contributed by atoms with E-state index in [-0.39, 0.29) is 11.9 Å². The van der Waals surface area contributed by atoms with Crippen molar-refractivity contribution < 1.29 is 4.74 Å². The van der Waals surface area contributed by atoms with Crippen molar-refractivity contribution in [3.05, 3.63) is 23.4 Å². The van der Waals surface area contributed by atoms with Crippen molar-refractivity contribution in [1.82, 2.24) is 4.98 Å². The molecule has 4 nitrogen and oxygen atoms in total. The lowest BCUT2D eigenvalue weighted by molar-refractivity contribution is 0.0948. The van der Waals surface area contributed by atoms with Gasteiger partial charge in [-0.1, -0.05) is 13.8 Å². The third-order valence-corrected chi connectivity index (χ3v) is 3.81. The van der Waals surface area contributed by atoms with Gasteiger partial charge in [0.1, 0.15) is 11.9 Å². The van der Waals surface area contributed by atoms with Gasteiger partial charge in [0.05, 0.1) is 0 Å². The van der Waals surface area contributed by atoms with Gasteiger partial charge in [-0.05, 0) is 44.1 Å². The molecule has 104 valence electrons. The minimum atomic E-state index is 0.0557. The Labute approximate surface area is 114 Å². The summed E-state index contributed by atoms with van der Waals surface area (Å²) >= 11 is 0. The molecule has 1 fully saturated rings. The number of nitrogens with one attached hydrogen (secondary N) is 1. The quantitative estimate of drug-likeness (QED) is 0.649. The molecule has 1 aliphatic rings. The maximum atomic E-state index is 7.49. The highest BCUT2D eigenvalue weighted by Gasteiger charge is 2.28. The zero-order valence-corrected chi connectivity index (χ0v) is 12.0. The topological polar surface area (TPSA) is 72.0 Å². The second-order valence-electron chi connectivity index (χ2n) is 6.23. The minimum absolute atomic E-state index is 0.0557. The SMILES string of the molecule is Cc1cc(C(=N)N)cc(OC2CCC(C)(C)CC2)n1. The lowest BCUT2D eigenvalue weighted by Gasteiger charge is -2.34. The number of pyridine rings is 1. The van der Waals surface area contributed by atoms with Gasteiger partial charge in [0, 0.05) is 17.3 Å². The summed E-state index contributed by atoms with van der Waals surface area (Å²) in [5.41, 5.74) is 7.47. The van der Waals surface area contributed by atoms with E-state index < -0.39 is 0 Å². The van der Waals surface area contributed by atoms with Gasteiger partial charge < -0.3 is 10.5 Å². The summed E-state index contributed by atoms with van der Waals surface area (Å²) in [4.78, 5) is 4.37. The number of amidine groups is 1. The predicted octanol–water partition coefficient (Wildman–Crippen LogP) is 3.02. The van der Waals surface area contributed by atoms with Crippen LogP contribution in [0, 0.1) is 17.7 Å². The number of nitrogen functional groups attached to an aromatic ring is 1. The number of ether oxygens (including phenoxy) is 1. The van der Waals surface area contributed by atoms with Crippen LogP contribution in [0.4, 0.5) is 0 Å². The number of hydrogen-bond acceptors (Lipinski definition) is 3. The standard InChI is InChI=1S/C15H23N3O/c1-10-8-11(14(16)17)9-13(18-10)19-12-4-6-15(2,3)7-5-12/h8-9,12H,4-7H2,1-3H3,(H3,16,17). The summed E-state index contributed by atoms with van der Waals surface area (Å²) in [6.45, 7) is 6.51. The number of hydrogen-bond donors (Lipinski definition) is 2. The fourth-order valence-electron chi connectivity index (χ4n) is 2.52. The smallest absolute Gasteiger partial charge is 0.214 e. The third-order valence-electron chi connectivity index (χ3n) is 3.81. The molecule has 1 saturated carbocycles. The summed E-state index contributed by atoms with van der Waals surface area (Å²) in [5.74, 6) is 0.648. The maximum absolute atomic E-state index is 7.49. The molecule has 1 aromatic rings. The molecule has 0 aromatic carbocycles. The number of aryl methyl sites for hydroxylation is 1. The van der Waals surface area contributed by atoms with Crippen LogP contribution in [0.15, 0.2) is 12.1 Å². The second-order valence-corrected chi connectivity index (χ2v) is 6.23. The van der Waals surface area contributed by atoms with Gasteiger partial charge in [0.2, 0.25) is 5.88 Å². The monoisotopic (exact) mass is 261 g/mol. The fraction of sp³-hybridized carbons (Fsp3) is 0.600. The molecule has 1 heterocycles. The van der Waals surface area contributed by atoms with Crippen LogP contribution in [0.1, 0.15) is 50.8 Å². The Morgan fingerprint density at radius 1 is 1.37 bits per heavy atom. The molecule has 2 rings (SSSR count). The second kappa shape index (κ2) is 5.19. The lowest BCUT2D eigenvalue weighted by atomic mass is 9.76. The molecule has 0 aliphatic heterocycles. The number of rotatable bonds is 3. The molecule has 1 aliphatic carbocycles. The van der Waals surface area contributed by atoms with E-state index >= 15 is 0 Å². The van der Waals surface area contributed by atoms with Crippen molar-refractivity contribution in [2.24, 2.45) is 11.1 Å². The van der Waals surface area contributed by atoms with Crippen LogP contribution < -0.4 is 10.5 Å². The molecule has 19 heavy (non-hydrogen) atoms. The van der Waals surface area contributed by atoms with E-state index in [1.54, 1.807) is 12.1 Å². The Balaban J connectivity index is 2.05. The molecule has 0 amide bonds. The molecule has 1 aromatic heterocycles. The Bertz CT molecular complexity index is 472. The van der Waals surface area contributed by atoms with Gasteiger partial charge in [0.25, 0.3) is 0 Å². The highest BCUT2D eigenvalue weighted by molar-refractivity contribution is 5.95. The van der Waals surface area contributed by atoms with Crippen molar-refractivity contribution in [2.45, 2.75) is 52.6 Å². The largest absolute Gasteiger partial charge is 0.474 e. The molecule has 0 spiro atoms. The fourth-order valence-corrected chi connectivity index (χ4v) is 2.52. The van der Waals surface area contributed by atoms with Gasteiger partial charge in [-0.3, -0.25) is 5.41 Å². The summed E-state index contributed by atoms with van der Waals surface area (Å²) in [6, 6.07) is 3.56. The van der Waals surface area contributed by atoms with Crippen molar-refractivity contribution in [3.8, 4) is 5.88 Å². The predicted molar refractivity (Wildman–Crippen MR) is 76.7 cm³/mol. The summed E-state index contributed by atoms with van der Waals surface area (Å²) in [6.07, 6.45) is 4.74. The van der Waals surface area contributed by atoms with E-state index in [2.05, 4.69) is 18.8 Å². The average molecular weight is 261 g/mol. The van der Waals surface area contributed by atoms with Crippen LogP contribution >= 0.6 is 0 Å². The first kappa shape index (κ1) is 13.8. The van der Waals surface area contributed by atoms with Crippen molar-refractivity contribution >= 4 is 5.84 Å². The number of nitrogens with zero attached hydrogens (tertiary/aromatic N) is 1. The average Bonchev–Trinajstić information content (AvgIpc) is 2.31. The zero-order valence-electron chi connectivity index (χ0n) is 12.0. The third kappa shape index (κ3) is 3.69.